The van der Waals surface area contributed by atoms with Crippen molar-refractivity contribution in [2.45, 2.75) is 19.3 Å². The summed E-state index contributed by atoms with van der Waals surface area (Å²) in [5.41, 5.74) is -0.718. The molecule has 0 unspecified atom stereocenters. The van der Waals surface area contributed by atoms with Crippen molar-refractivity contribution in [3.63, 3.8) is 0 Å². The number of benzene rings is 1. The second-order valence-corrected chi connectivity index (χ2v) is 3.99. The van der Waals surface area contributed by atoms with Crippen molar-refractivity contribution in [1.29, 1.82) is 0 Å². The predicted octanol–water partition coefficient (Wildman–Crippen LogP) is 1.78. The summed E-state index contributed by atoms with van der Waals surface area (Å²) < 4.78 is 38.4. The summed E-state index contributed by atoms with van der Waals surface area (Å²) in [7, 11) is 1.45. The minimum Gasteiger partial charge on any atom is -0.392 e. The fourth-order valence-corrected chi connectivity index (χ4v) is 1.95. The maximum Gasteiger partial charge on any atom is 0.416 e. The molecule has 1 aliphatic heterocycles. The molecule has 1 amide bonds. The Labute approximate surface area is 95.5 Å². The van der Waals surface area contributed by atoms with Gasteiger partial charge in [0.1, 0.15) is 0 Å². The Balaban J connectivity index is 2.66. The van der Waals surface area contributed by atoms with Crippen LogP contribution in [-0.4, -0.2) is 23.0 Å². The highest BCUT2D eigenvalue weighted by molar-refractivity contribution is 5.98. The van der Waals surface area contributed by atoms with Crippen LogP contribution in [0.25, 0.3) is 0 Å². The number of amides is 1. The topological polar surface area (TPSA) is 40.5 Å². The van der Waals surface area contributed by atoms with E-state index in [-0.39, 0.29) is 23.2 Å². The lowest BCUT2D eigenvalue weighted by molar-refractivity contribution is -0.138. The number of aliphatic hydroxyl groups is 1. The van der Waals surface area contributed by atoms with Crippen LogP contribution in [0.1, 0.15) is 27.0 Å². The Hall–Kier alpha value is -1.56. The van der Waals surface area contributed by atoms with Gasteiger partial charge in [0.15, 0.2) is 0 Å². The molecule has 1 aromatic carbocycles. The molecule has 0 aromatic heterocycles. The van der Waals surface area contributed by atoms with E-state index in [1.807, 2.05) is 0 Å². The van der Waals surface area contributed by atoms with E-state index in [9.17, 15) is 18.0 Å². The van der Waals surface area contributed by atoms with Gasteiger partial charge in [-0.05, 0) is 23.3 Å². The van der Waals surface area contributed by atoms with Gasteiger partial charge in [-0.15, -0.1) is 0 Å². The fourth-order valence-electron chi connectivity index (χ4n) is 1.95. The highest BCUT2D eigenvalue weighted by Gasteiger charge is 2.39. The summed E-state index contributed by atoms with van der Waals surface area (Å²) >= 11 is 0. The molecule has 0 spiro atoms. The third kappa shape index (κ3) is 1.88. The lowest BCUT2D eigenvalue weighted by atomic mass is 9.99. The summed E-state index contributed by atoms with van der Waals surface area (Å²) in [5.74, 6) is -0.444. The Morgan fingerprint density at radius 1 is 1.41 bits per heavy atom. The van der Waals surface area contributed by atoms with Gasteiger partial charge in [-0.2, -0.15) is 13.2 Å². The standard InChI is InChI=1S/C11H10F3NO2/c1-15-4-8-7(10(15)17)2-6(5-16)3-9(8)11(12,13)14/h2-3,16H,4-5H2,1H3. The number of carbonyl (C=O) groups excluding carboxylic acids is 1. The Bertz CT molecular complexity index is 482. The molecule has 0 radical (unpaired) electrons. The van der Waals surface area contributed by atoms with Gasteiger partial charge in [-0.3, -0.25) is 4.79 Å². The van der Waals surface area contributed by atoms with Crippen LogP contribution in [0.3, 0.4) is 0 Å². The van der Waals surface area contributed by atoms with Crippen molar-refractivity contribution < 1.29 is 23.1 Å². The molecule has 3 nitrogen and oxygen atoms in total. The van der Waals surface area contributed by atoms with Gasteiger partial charge in [0.05, 0.1) is 12.2 Å². The lowest BCUT2D eigenvalue weighted by Crippen LogP contribution is -2.17. The van der Waals surface area contributed by atoms with Gasteiger partial charge in [0, 0.05) is 19.2 Å². The molecule has 17 heavy (non-hydrogen) atoms. The highest BCUT2D eigenvalue weighted by Crippen LogP contribution is 2.37. The maximum absolute atomic E-state index is 12.8. The summed E-state index contributed by atoms with van der Waals surface area (Å²) in [4.78, 5) is 12.8. The first-order valence-corrected chi connectivity index (χ1v) is 4.94. The van der Waals surface area contributed by atoms with Crippen LogP contribution >= 0.6 is 0 Å². The van der Waals surface area contributed by atoms with Gasteiger partial charge < -0.3 is 10.0 Å². The van der Waals surface area contributed by atoms with Crippen LogP contribution < -0.4 is 0 Å². The van der Waals surface area contributed by atoms with Crippen molar-refractivity contribution in [2.75, 3.05) is 7.05 Å². The number of alkyl halides is 3. The first-order valence-electron chi connectivity index (χ1n) is 4.94. The lowest BCUT2D eigenvalue weighted by Gasteiger charge is -2.12. The van der Waals surface area contributed by atoms with Crippen LogP contribution in [0.4, 0.5) is 13.2 Å². The first-order chi connectivity index (χ1) is 7.84. The quantitative estimate of drug-likeness (QED) is 0.819. The third-order valence-corrected chi connectivity index (χ3v) is 2.77. The molecular formula is C11H10F3NO2. The van der Waals surface area contributed by atoms with Crippen molar-refractivity contribution in [1.82, 2.24) is 4.90 Å². The zero-order valence-electron chi connectivity index (χ0n) is 9.01. The predicted molar refractivity (Wildman–Crippen MR) is 53.2 cm³/mol. The van der Waals surface area contributed by atoms with Crippen LogP contribution in [0.5, 0.6) is 0 Å². The van der Waals surface area contributed by atoms with Gasteiger partial charge in [0.25, 0.3) is 5.91 Å². The SMILES string of the molecule is CN1Cc2c(cc(CO)cc2C(F)(F)F)C1=O. The smallest absolute Gasteiger partial charge is 0.392 e. The molecule has 0 fully saturated rings. The number of aliphatic hydroxyl groups excluding tert-OH is 1. The molecule has 1 aliphatic rings. The van der Waals surface area contributed by atoms with Crippen LogP contribution in [0.2, 0.25) is 0 Å². The van der Waals surface area contributed by atoms with Crippen LogP contribution in [0, 0.1) is 0 Å². The largest absolute Gasteiger partial charge is 0.416 e. The Kier molecular flexibility index (Phi) is 2.61. The number of carbonyl (C=O) groups is 1. The molecule has 1 N–H and O–H groups in total. The van der Waals surface area contributed by atoms with Crippen LogP contribution in [0.15, 0.2) is 12.1 Å². The van der Waals surface area contributed by atoms with Gasteiger partial charge in [0.2, 0.25) is 0 Å². The molecule has 92 valence electrons. The summed E-state index contributed by atoms with van der Waals surface area (Å²) in [6.45, 7) is -0.567. The second kappa shape index (κ2) is 3.73. The summed E-state index contributed by atoms with van der Waals surface area (Å²) in [6, 6.07) is 2.21. The van der Waals surface area contributed by atoms with E-state index < -0.39 is 24.3 Å². The van der Waals surface area contributed by atoms with E-state index in [0.717, 1.165) is 6.07 Å². The molecule has 0 saturated carbocycles. The van der Waals surface area contributed by atoms with E-state index in [1.165, 1.54) is 18.0 Å². The molecule has 2 rings (SSSR count). The fraction of sp³-hybridized carbons (Fsp3) is 0.364. The monoisotopic (exact) mass is 245 g/mol. The van der Waals surface area contributed by atoms with Crippen molar-refractivity contribution in [3.8, 4) is 0 Å². The number of nitrogens with zero attached hydrogens (tertiary/aromatic N) is 1. The first kappa shape index (κ1) is 11.9. The van der Waals surface area contributed by atoms with E-state index in [2.05, 4.69) is 0 Å². The van der Waals surface area contributed by atoms with Gasteiger partial charge in [-0.1, -0.05) is 0 Å². The van der Waals surface area contributed by atoms with Crippen molar-refractivity contribution >= 4 is 5.91 Å². The zero-order chi connectivity index (χ0) is 12.8. The van der Waals surface area contributed by atoms with Crippen molar-refractivity contribution in [2.24, 2.45) is 0 Å². The minimum absolute atomic E-state index is 0.0119. The molecule has 6 heteroatoms. The molecule has 0 saturated heterocycles. The van der Waals surface area contributed by atoms with E-state index >= 15 is 0 Å². The number of hydrogen-bond donors (Lipinski definition) is 1. The van der Waals surface area contributed by atoms with Gasteiger partial charge in [-0.25, -0.2) is 0 Å². The Morgan fingerprint density at radius 2 is 2.06 bits per heavy atom. The number of rotatable bonds is 1. The van der Waals surface area contributed by atoms with Gasteiger partial charge >= 0.3 is 6.18 Å². The van der Waals surface area contributed by atoms with E-state index in [4.69, 9.17) is 5.11 Å². The minimum atomic E-state index is -4.51. The summed E-state index contributed by atoms with van der Waals surface area (Å²) in [5, 5.41) is 8.92. The number of halogens is 3. The molecule has 0 bridgehead atoms. The van der Waals surface area contributed by atoms with Crippen LogP contribution in [-0.2, 0) is 19.3 Å². The normalized spacial score (nSPS) is 15.4. The average Bonchev–Trinajstić information content (AvgIpc) is 2.53. The van der Waals surface area contributed by atoms with E-state index in [1.54, 1.807) is 0 Å². The molecule has 1 aromatic rings. The molecule has 1 heterocycles. The van der Waals surface area contributed by atoms with Crippen molar-refractivity contribution in [3.05, 3.63) is 34.4 Å². The average molecular weight is 245 g/mol. The second-order valence-electron chi connectivity index (χ2n) is 3.99. The molecule has 0 atom stereocenters. The maximum atomic E-state index is 12.8. The highest BCUT2D eigenvalue weighted by atomic mass is 19.4. The molecular weight excluding hydrogens is 235 g/mol. The Morgan fingerprint density at radius 3 is 2.59 bits per heavy atom. The zero-order valence-corrected chi connectivity index (χ0v) is 9.01. The number of fused-ring (bicyclic) bond motifs is 1. The number of hydrogen-bond acceptors (Lipinski definition) is 2. The van der Waals surface area contributed by atoms with E-state index in [0.29, 0.717) is 0 Å². The third-order valence-electron chi connectivity index (χ3n) is 2.77. The molecule has 0 aliphatic carbocycles. The summed E-state index contributed by atoms with van der Waals surface area (Å²) in [6.07, 6.45) is -4.51.